The lowest BCUT2D eigenvalue weighted by atomic mass is 9.95. The van der Waals surface area contributed by atoms with Crippen molar-refractivity contribution in [2.45, 2.75) is 46.1 Å². The first kappa shape index (κ1) is 23.1. The van der Waals surface area contributed by atoms with Gasteiger partial charge in [-0.2, -0.15) is 5.26 Å². The smallest absolute Gasteiger partial charge is 0.257 e. The fraction of sp³-hybridized carbons (Fsp3) is 0.250. The first-order valence-corrected chi connectivity index (χ1v) is 11.5. The Balaban J connectivity index is 1.74. The van der Waals surface area contributed by atoms with Crippen LogP contribution >= 0.6 is 0 Å². The summed E-state index contributed by atoms with van der Waals surface area (Å²) in [5.41, 5.74) is 5.57. The first-order chi connectivity index (χ1) is 16.6. The second-order valence-electron chi connectivity index (χ2n) is 8.31. The van der Waals surface area contributed by atoms with Gasteiger partial charge in [0.2, 0.25) is 0 Å². The van der Waals surface area contributed by atoms with E-state index in [1.165, 1.54) is 0 Å². The molecule has 0 aliphatic heterocycles. The molecule has 0 unspecified atom stereocenters. The molecule has 0 fully saturated rings. The molecule has 0 radical (unpaired) electrons. The maximum Gasteiger partial charge on any atom is 0.257 e. The molecule has 0 aliphatic rings. The van der Waals surface area contributed by atoms with Gasteiger partial charge in [-0.3, -0.25) is 19.3 Å². The second kappa shape index (κ2) is 10.7. The van der Waals surface area contributed by atoms with Gasteiger partial charge in [-0.25, -0.2) is 4.98 Å². The summed E-state index contributed by atoms with van der Waals surface area (Å²) in [4.78, 5) is 26.9. The van der Waals surface area contributed by atoms with Gasteiger partial charge in [0.25, 0.3) is 5.56 Å². The summed E-state index contributed by atoms with van der Waals surface area (Å²) in [6.07, 6.45) is 8.06. The largest absolute Gasteiger partial charge is 0.291 e. The lowest BCUT2D eigenvalue weighted by Gasteiger charge is -2.16. The lowest BCUT2D eigenvalue weighted by molar-refractivity contribution is 0.651. The van der Waals surface area contributed by atoms with E-state index in [1.54, 1.807) is 23.2 Å². The quantitative estimate of drug-likeness (QED) is 0.383. The van der Waals surface area contributed by atoms with E-state index in [0.29, 0.717) is 35.6 Å². The topological polar surface area (TPSA) is 84.5 Å². The van der Waals surface area contributed by atoms with Crippen LogP contribution in [0.4, 0.5) is 0 Å². The molecule has 2 aromatic heterocycles. The van der Waals surface area contributed by atoms with Crippen LogP contribution in [-0.4, -0.2) is 19.5 Å². The van der Waals surface area contributed by atoms with Gasteiger partial charge in [-0.15, -0.1) is 0 Å². The highest BCUT2D eigenvalue weighted by atomic mass is 16.1. The Morgan fingerprint density at radius 3 is 2.62 bits per heavy atom. The number of nitriles is 1. The van der Waals surface area contributed by atoms with E-state index in [0.717, 1.165) is 41.6 Å². The SMILES string of the molecule is CCCCc1nc(C)n(Cc2cnccn2)c(=O)c1Cc1ccc(-c2ccccc2)c(C#N)c1. The fourth-order valence-electron chi connectivity index (χ4n) is 4.11. The zero-order chi connectivity index (χ0) is 23.9. The van der Waals surface area contributed by atoms with Crippen LogP contribution in [0.25, 0.3) is 11.1 Å². The summed E-state index contributed by atoms with van der Waals surface area (Å²) in [5, 5.41) is 9.80. The van der Waals surface area contributed by atoms with Crippen molar-refractivity contribution >= 4 is 0 Å². The minimum atomic E-state index is -0.0603. The Hall–Kier alpha value is -4.11. The zero-order valence-corrected chi connectivity index (χ0v) is 19.5. The van der Waals surface area contributed by atoms with E-state index in [1.807, 2.05) is 55.5 Å². The average Bonchev–Trinajstić information content (AvgIpc) is 2.88. The van der Waals surface area contributed by atoms with Gasteiger partial charge < -0.3 is 0 Å². The lowest BCUT2D eigenvalue weighted by Crippen LogP contribution is -2.30. The maximum absolute atomic E-state index is 13.6. The molecule has 6 heteroatoms. The fourth-order valence-corrected chi connectivity index (χ4v) is 4.11. The Bertz CT molecular complexity index is 1370. The third-order valence-corrected chi connectivity index (χ3v) is 5.91. The molecule has 0 bridgehead atoms. The van der Waals surface area contributed by atoms with Crippen LogP contribution in [0.3, 0.4) is 0 Å². The second-order valence-corrected chi connectivity index (χ2v) is 8.31. The molecule has 6 nitrogen and oxygen atoms in total. The Kier molecular flexibility index (Phi) is 7.24. The summed E-state index contributed by atoms with van der Waals surface area (Å²) < 4.78 is 1.67. The Morgan fingerprint density at radius 1 is 1.09 bits per heavy atom. The number of benzene rings is 2. The molecular formula is C28H27N5O. The summed E-state index contributed by atoms with van der Waals surface area (Å²) in [6.45, 7) is 4.31. The molecule has 0 saturated carbocycles. The maximum atomic E-state index is 13.6. The van der Waals surface area contributed by atoms with Crippen molar-refractivity contribution in [3.05, 3.63) is 111 Å². The number of hydrogen-bond acceptors (Lipinski definition) is 5. The minimum absolute atomic E-state index is 0.0603. The summed E-state index contributed by atoms with van der Waals surface area (Å²) in [6, 6.07) is 18.0. The van der Waals surface area contributed by atoms with E-state index >= 15 is 0 Å². The van der Waals surface area contributed by atoms with Crippen molar-refractivity contribution in [2.75, 3.05) is 0 Å². The van der Waals surface area contributed by atoms with E-state index in [4.69, 9.17) is 4.98 Å². The van der Waals surface area contributed by atoms with Crippen molar-refractivity contribution in [2.24, 2.45) is 0 Å². The number of aromatic nitrogens is 4. The van der Waals surface area contributed by atoms with Crippen molar-refractivity contribution in [1.82, 2.24) is 19.5 Å². The van der Waals surface area contributed by atoms with Crippen LogP contribution in [0.1, 0.15) is 53.7 Å². The van der Waals surface area contributed by atoms with Crippen LogP contribution in [0.2, 0.25) is 0 Å². The molecule has 4 rings (SSSR count). The van der Waals surface area contributed by atoms with E-state index in [-0.39, 0.29) is 5.56 Å². The highest BCUT2D eigenvalue weighted by Crippen LogP contribution is 2.25. The average molecular weight is 450 g/mol. The van der Waals surface area contributed by atoms with Gasteiger partial charge in [0.05, 0.1) is 35.8 Å². The van der Waals surface area contributed by atoms with Gasteiger partial charge in [0.15, 0.2) is 0 Å². The molecule has 34 heavy (non-hydrogen) atoms. The monoisotopic (exact) mass is 449 g/mol. The van der Waals surface area contributed by atoms with Gasteiger partial charge in [-0.1, -0.05) is 55.8 Å². The van der Waals surface area contributed by atoms with E-state index < -0.39 is 0 Å². The molecule has 4 aromatic rings. The molecule has 2 heterocycles. The van der Waals surface area contributed by atoms with Crippen molar-refractivity contribution in [1.29, 1.82) is 5.26 Å². The summed E-state index contributed by atoms with van der Waals surface area (Å²) >= 11 is 0. The first-order valence-electron chi connectivity index (χ1n) is 11.5. The molecule has 0 N–H and O–H groups in total. The standard InChI is InChI=1S/C28H27N5O/c1-3-4-10-27-26(28(34)33(20(2)32-27)19-24-18-30-13-14-31-24)16-21-11-12-25(23(15-21)17-29)22-8-6-5-7-9-22/h5-9,11-15,18H,3-4,10,16,19H2,1-2H3. The van der Waals surface area contributed by atoms with Gasteiger partial charge in [-0.05, 0) is 42.5 Å². The number of unbranched alkanes of at least 4 members (excludes halogenated alkanes) is 1. The highest BCUT2D eigenvalue weighted by Gasteiger charge is 2.17. The number of nitrogens with zero attached hydrogens (tertiary/aromatic N) is 5. The van der Waals surface area contributed by atoms with Crippen LogP contribution in [0.15, 0.2) is 71.9 Å². The number of rotatable bonds is 8. The van der Waals surface area contributed by atoms with Crippen LogP contribution in [0, 0.1) is 18.3 Å². The Labute approximate surface area is 199 Å². The molecule has 0 atom stereocenters. The number of hydrogen-bond donors (Lipinski definition) is 0. The van der Waals surface area contributed by atoms with E-state index in [2.05, 4.69) is 23.0 Å². The molecule has 170 valence electrons. The Morgan fingerprint density at radius 2 is 1.91 bits per heavy atom. The third kappa shape index (κ3) is 5.10. The van der Waals surface area contributed by atoms with Crippen molar-refractivity contribution < 1.29 is 0 Å². The molecule has 2 aromatic carbocycles. The normalized spacial score (nSPS) is 10.7. The summed E-state index contributed by atoms with van der Waals surface area (Å²) in [7, 11) is 0. The molecule has 0 saturated heterocycles. The van der Waals surface area contributed by atoms with Crippen LogP contribution < -0.4 is 5.56 Å². The van der Waals surface area contributed by atoms with Gasteiger partial charge in [0.1, 0.15) is 5.82 Å². The van der Waals surface area contributed by atoms with Crippen LogP contribution in [-0.2, 0) is 19.4 Å². The molecular weight excluding hydrogens is 422 g/mol. The molecule has 0 amide bonds. The van der Waals surface area contributed by atoms with Crippen LogP contribution in [0.5, 0.6) is 0 Å². The van der Waals surface area contributed by atoms with Gasteiger partial charge in [0, 0.05) is 24.4 Å². The molecule has 0 aliphatic carbocycles. The third-order valence-electron chi connectivity index (χ3n) is 5.91. The zero-order valence-electron chi connectivity index (χ0n) is 19.5. The van der Waals surface area contributed by atoms with Crippen molar-refractivity contribution in [3.63, 3.8) is 0 Å². The van der Waals surface area contributed by atoms with Gasteiger partial charge >= 0.3 is 0 Å². The molecule has 0 spiro atoms. The summed E-state index contributed by atoms with van der Waals surface area (Å²) in [5.74, 6) is 0.669. The predicted octanol–water partition coefficient (Wildman–Crippen LogP) is 4.86. The number of aryl methyl sites for hydroxylation is 2. The minimum Gasteiger partial charge on any atom is -0.291 e. The van der Waals surface area contributed by atoms with Crippen molar-refractivity contribution in [3.8, 4) is 17.2 Å². The predicted molar refractivity (Wildman–Crippen MR) is 132 cm³/mol. The van der Waals surface area contributed by atoms with E-state index in [9.17, 15) is 10.1 Å². The highest BCUT2D eigenvalue weighted by molar-refractivity contribution is 5.71.